The molecule has 0 aliphatic rings. The van der Waals surface area contributed by atoms with Crippen LogP contribution in [0.5, 0.6) is 0 Å². The maximum absolute atomic E-state index is 13.0. The smallest absolute Gasteiger partial charge is 0.242 e. The van der Waals surface area contributed by atoms with Crippen LogP contribution >= 0.6 is 0 Å². The molecule has 1 atom stereocenters. The van der Waals surface area contributed by atoms with Gasteiger partial charge in [-0.05, 0) is 25.1 Å². The normalized spacial score (nSPS) is 11.5. The first kappa shape index (κ1) is 14.9. The Balaban J connectivity index is 2.64. The van der Waals surface area contributed by atoms with Crippen molar-refractivity contribution in [2.75, 3.05) is 25.6 Å². The summed E-state index contributed by atoms with van der Waals surface area (Å²) in [6.07, 6.45) is 0. The molecule has 0 heterocycles. The second-order valence-corrected chi connectivity index (χ2v) is 3.95. The predicted molar refractivity (Wildman–Crippen MR) is 69.1 cm³/mol. The van der Waals surface area contributed by atoms with E-state index >= 15 is 0 Å². The largest absolute Gasteiger partial charge is 0.383 e. The minimum atomic E-state index is -0.533. The molecule has 0 aliphatic carbocycles. The average molecular weight is 265 g/mol. The second-order valence-electron chi connectivity index (χ2n) is 3.95. The summed E-state index contributed by atoms with van der Waals surface area (Å²) < 4.78 is 17.8. The maximum Gasteiger partial charge on any atom is 0.242 e. The molecule has 1 aromatic rings. The molecule has 0 saturated heterocycles. The molecule has 1 unspecified atom stereocenters. The third-order valence-corrected chi connectivity index (χ3v) is 2.47. The minimum Gasteiger partial charge on any atom is -0.383 e. The number of nitrogens with zero attached hydrogens (tertiary/aromatic N) is 1. The van der Waals surface area contributed by atoms with Crippen LogP contribution in [0, 0.1) is 17.1 Å². The average Bonchev–Trinajstić information content (AvgIpc) is 2.40. The zero-order valence-electron chi connectivity index (χ0n) is 10.9. The summed E-state index contributed by atoms with van der Waals surface area (Å²) in [4.78, 5) is 11.7. The number of nitrogens with one attached hydrogen (secondary N) is 2. The Morgan fingerprint density at radius 3 is 2.95 bits per heavy atom. The van der Waals surface area contributed by atoms with E-state index in [0.29, 0.717) is 18.8 Å². The number of hydrogen-bond acceptors (Lipinski definition) is 4. The molecule has 0 aliphatic heterocycles. The second kappa shape index (κ2) is 7.34. The highest BCUT2D eigenvalue weighted by Crippen LogP contribution is 2.16. The Kier molecular flexibility index (Phi) is 5.76. The quantitative estimate of drug-likeness (QED) is 0.759. The fraction of sp³-hybridized carbons (Fsp3) is 0.385. The van der Waals surface area contributed by atoms with Crippen molar-refractivity contribution in [2.45, 2.75) is 13.0 Å². The number of ether oxygens (including phenoxy) is 1. The lowest BCUT2D eigenvalue weighted by molar-refractivity contribution is -0.121. The Morgan fingerprint density at radius 1 is 1.58 bits per heavy atom. The maximum atomic E-state index is 13.0. The van der Waals surface area contributed by atoms with Gasteiger partial charge >= 0.3 is 0 Å². The van der Waals surface area contributed by atoms with Gasteiger partial charge in [0, 0.05) is 13.7 Å². The van der Waals surface area contributed by atoms with Crippen molar-refractivity contribution in [1.29, 1.82) is 5.26 Å². The highest BCUT2D eigenvalue weighted by molar-refractivity contribution is 5.84. The van der Waals surface area contributed by atoms with Crippen molar-refractivity contribution >= 4 is 11.6 Å². The molecular weight excluding hydrogens is 249 g/mol. The number of anilines is 1. The van der Waals surface area contributed by atoms with Gasteiger partial charge in [-0.15, -0.1) is 0 Å². The number of carbonyl (C=O) groups is 1. The zero-order valence-corrected chi connectivity index (χ0v) is 10.9. The van der Waals surface area contributed by atoms with Crippen LogP contribution in [0.1, 0.15) is 12.5 Å². The Labute approximate surface area is 111 Å². The van der Waals surface area contributed by atoms with Crippen LogP contribution in [-0.4, -0.2) is 32.2 Å². The van der Waals surface area contributed by atoms with Gasteiger partial charge in [-0.3, -0.25) is 4.79 Å². The van der Waals surface area contributed by atoms with E-state index in [2.05, 4.69) is 10.6 Å². The third-order valence-electron chi connectivity index (χ3n) is 2.47. The number of halogens is 1. The first-order valence-electron chi connectivity index (χ1n) is 5.81. The topological polar surface area (TPSA) is 74.2 Å². The summed E-state index contributed by atoms with van der Waals surface area (Å²) in [7, 11) is 1.55. The summed E-state index contributed by atoms with van der Waals surface area (Å²) in [5, 5.41) is 14.4. The third kappa shape index (κ3) is 4.56. The number of amides is 1. The van der Waals surface area contributed by atoms with E-state index in [0.717, 1.165) is 6.07 Å². The lowest BCUT2D eigenvalue weighted by Crippen LogP contribution is -2.39. The van der Waals surface area contributed by atoms with E-state index in [-0.39, 0.29) is 11.5 Å². The van der Waals surface area contributed by atoms with Gasteiger partial charge in [0.1, 0.15) is 17.9 Å². The summed E-state index contributed by atoms with van der Waals surface area (Å²) in [6, 6.07) is 5.14. The van der Waals surface area contributed by atoms with Crippen LogP contribution in [0.2, 0.25) is 0 Å². The van der Waals surface area contributed by atoms with Gasteiger partial charge in [-0.25, -0.2) is 4.39 Å². The Bertz CT molecular complexity index is 485. The van der Waals surface area contributed by atoms with E-state index in [1.54, 1.807) is 14.0 Å². The van der Waals surface area contributed by atoms with Crippen LogP contribution in [-0.2, 0) is 9.53 Å². The number of rotatable bonds is 6. The van der Waals surface area contributed by atoms with Crippen LogP contribution in [0.3, 0.4) is 0 Å². The Hall–Kier alpha value is -2.13. The fourth-order valence-electron chi connectivity index (χ4n) is 1.46. The van der Waals surface area contributed by atoms with Crippen LogP contribution < -0.4 is 10.6 Å². The Morgan fingerprint density at radius 2 is 2.32 bits per heavy atom. The van der Waals surface area contributed by atoms with Crippen molar-refractivity contribution in [3.8, 4) is 6.07 Å². The van der Waals surface area contributed by atoms with Crippen LogP contribution in [0.4, 0.5) is 10.1 Å². The summed E-state index contributed by atoms with van der Waals surface area (Å²) in [5.74, 6) is -0.704. The summed E-state index contributed by atoms with van der Waals surface area (Å²) >= 11 is 0. The van der Waals surface area contributed by atoms with E-state index in [1.165, 1.54) is 12.1 Å². The molecule has 19 heavy (non-hydrogen) atoms. The molecule has 0 aromatic heterocycles. The first-order valence-corrected chi connectivity index (χ1v) is 5.81. The van der Waals surface area contributed by atoms with Gasteiger partial charge in [0.25, 0.3) is 0 Å². The monoisotopic (exact) mass is 265 g/mol. The van der Waals surface area contributed by atoms with Crippen LogP contribution in [0.15, 0.2) is 18.2 Å². The highest BCUT2D eigenvalue weighted by atomic mass is 19.1. The van der Waals surface area contributed by atoms with Crippen LogP contribution in [0.25, 0.3) is 0 Å². The molecule has 0 saturated carbocycles. The minimum absolute atomic E-state index is 0.163. The highest BCUT2D eigenvalue weighted by Gasteiger charge is 2.14. The van der Waals surface area contributed by atoms with E-state index in [1.807, 2.05) is 6.07 Å². The molecule has 0 radical (unpaired) electrons. The molecule has 5 nitrogen and oxygen atoms in total. The fourth-order valence-corrected chi connectivity index (χ4v) is 1.46. The van der Waals surface area contributed by atoms with E-state index in [9.17, 15) is 9.18 Å². The van der Waals surface area contributed by atoms with Crippen molar-refractivity contribution < 1.29 is 13.9 Å². The molecule has 0 bridgehead atoms. The molecule has 6 heteroatoms. The molecule has 2 N–H and O–H groups in total. The summed E-state index contributed by atoms with van der Waals surface area (Å²) in [6.45, 7) is 2.50. The lowest BCUT2D eigenvalue weighted by atomic mass is 10.1. The molecule has 1 amide bonds. The van der Waals surface area contributed by atoms with Crippen molar-refractivity contribution in [3.63, 3.8) is 0 Å². The SMILES string of the molecule is COCCNC(=O)C(C)Nc1ccc(F)cc1C#N. The van der Waals surface area contributed by atoms with Gasteiger partial charge in [-0.1, -0.05) is 0 Å². The van der Waals surface area contributed by atoms with Gasteiger partial charge in [0.15, 0.2) is 0 Å². The molecule has 0 spiro atoms. The molecule has 0 fully saturated rings. The molecular formula is C13H16FN3O2. The van der Waals surface area contributed by atoms with Gasteiger partial charge in [0.05, 0.1) is 17.9 Å². The number of carbonyl (C=O) groups excluding carboxylic acids is 1. The van der Waals surface area contributed by atoms with E-state index < -0.39 is 11.9 Å². The zero-order chi connectivity index (χ0) is 14.3. The van der Waals surface area contributed by atoms with Crippen molar-refractivity contribution in [2.24, 2.45) is 0 Å². The first-order chi connectivity index (χ1) is 9.08. The van der Waals surface area contributed by atoms with Gasteiger partial charge in [-0.2, -0.15) is 5.26 Å². The predicted octanol–water partition coefficient (Wildman–Crippen LogP) is 1.26. The molecule has 1 aromatic carbocycles. The number of nitriles is 1. The van der Waals surface area contributed by atoms with Crippen molar-refractivity contribution in [3.05, 3.63) is 29.6 Å². The molecule has 1 rings (SSSR count). The van der Waals surface area contributed by atoms with E-state index in [4.69, 9.17) is 10.00 Å². The number of benzene rings is 1. The molecule has 102 valence electrons. The lowest BCUT2D eigenvalue weighted by Gasteiger charge is -2.16. The van der Waals surface area contributed by atoms with Gasteiger partial charge in [0.2, 0.25) is 5.91 Å². The van der Waals surface area contributed by atoms with Crippen molar-refractivity contribution in [1.82, 2.24) is 5.32 Å². The number of hydrogen-bond donors (Lipinski definition) is 2. The summed E-state index contributed by atoms with van der Waals surface area (Å²) in [5.41, 5.74) is 0.592. The standard InChI is InChI=1S/C13H16FN3O2/c1-9(13(18)16-5-6-19-2)17-12-4-3-11(14)7-10(12)8-15/h3-4,7,9,17H,5-6H2,1-2H3,(H,16,18). The number of methoxy groups -OCH3 is 1. The van der Waals surface area contributed by atoms with Gasteiger partial charge < -0.3 is 15.4 Å².